The highest BCUT2D eigenvalue weighted by Crippen LogP contribution is 2.46. The Kier molecular flexibility index (Phi) is 5.23. The molecule has 0 bridgehead atoms. The maximum Gasteiger partial charge on any atom is 0.200 e. The van der Waals surface area contributed by atoms with Crippen molar-refractivity contribution in [3.8, 4) is 22.3 Å². The van der Waals surface area contributed by atoms with E-state index in [1.807, 2.05) is 0 Å². The van der Waals surface area contributed by atoms with E-state index in [2.05, 4.69) is 0 Å². The van der Waals surface area contributed by atoms with Gasteiger partial charge in [0.25, 0.3) is 0 Å². The van der Waals surface area contributed by atoms with Crippen molar-refractivity contribution in [3.05, 3.63) is 107 Å². The fraction of sp³-hybridized carbons (Fsp3) is 0. The molecule has 0 heterocycles. The Hall–Kier alpha value is -4.01. The second-order valence-corrected chi connectivity index (χ2v) is 7.68. The van der Waals surface area contributed by atoms with E-state index in [4.69, 9.17) is 0 Å². The minimum atomic E-state index is -2.38. The van der Waals surface area contributed by atoms with Gasteiger partial charge in [-0.3, -0.25) is 0 Å². The molecule has 0 nitrogen and oxygen atoms in total. The highest BCUT2D eigenvalue weighted by molar-refractivity contribution is 6.21. The van der Waals surface area contributed by atoms with Crippen LogP contribution in [0.5, 0.6) is 0 Å². The lowest BCUT2D eigenvalue weighted by atomic mass is 9.85. The van der Waals surface area contributed by atoms with Gasteiger partial charge < -0.3 is 0 Å². The average Bonchev–Trinajstić information content (AvgIpc) is 2.84. The molecule has 0 unspecified atom stereocenters. The monoisotopic (exact) mass is 492 g/mol. The molecule has 0 aromatic heterocycles. The Morgan fingerprint density at radius 3 is 1.34 bits per heavy atom. The lowest BCUT2D eigenvalue weighted by Crippen LogP contribution is -2.05. The van der Waals surface area contributed by atoms with E-state index in [9.17, 15) is 39.5 Å². The van der Waals surface area contributed by atoms with E-state index >= 15 is 0 Å². The molecule has 5 aromatic carbocycles. The van der Waals surface area contributed by atoms with Crippen LogP contribution in [0.3, 0.4) is 0 Å². The molecule has 0 saturated heterocycles. The van der Waals surface area contributed by atoms with Crippen LogP contribution in [0.4, 0.5) is 39.5 Å². The molecule has 0 aliphatic rings. The third-order valence-corrected chi connectivity index (χ3v) is 5.73. The summed E-state index contributed by atoms with van der Waals surface area (Å²) in [7, 11) is 0. The first-order valence-electron chi connectivity index (χ1n) is 9.92. The van der Waals surface area contributed by atoms with Gasteiger partial charge in [0.1, 0.15) is 0 Å². The molecular formula is C26H9F9. The summed E-state index contributed by atoms with van der Waals surface area (Å²) in [4.78, 5) is 0. The Labute approximate surface area is 190 Å². The summed E-state index contributed by atoms with van der Waals surface area (Å²) in [6, 6.07) is 9.43. The molecule has 0 saturated carbocycles. The summed E-state index contributed by atoms with van der Waals surface area (Å²) in [5.41, 5.74) is -1.90. The minimum absolute atomic E-state index is 0.0000641. The van der Waals surface area contributed by atoms with Crippen LogP contribution < -0.4 is 0 Å². The molecule has 0 spiro atoms. The molecule has 0 amide bonds. The Morgan fingerprint density at radius 2 is 0.800 bits per heavy atom. The second-order valence-electron chi connectivity index (χ2n) is 7.68. The van der Waals surface area contributed by atoms with E-state index in [-0.39, 0.29) is 27.3 Å². The molecule has 0 aliphatic heterocycles. The van der Waals surface area contributed by atoms with Crippen LogP contribution in [0.1, 0.15) is 0 Å². The van der Waals surface area contributed by atoms with Crippen LogP contribution in [-0.2, 0) is 0 Å². The van der Waals surface area contributed by atoms with Crippen molar-refractivity contribution in [2.24, 2.45) is 0 Å². The maximum atomic E-state index is 14.9. The van der Waals surface area contributed by atoms with Crippen molar-refractivity contribution in [3.63, 3.8) is 0 Å². The number of rotatable bonds is 2. The molecule has 9 heteroatoms. The van der Waals surface area contributed by atoms with Crippen molar-refractivity contribution < 1.29 is 39.5 Å². The molecule has 0 aliphatic carbocycles. The number of hydrogen-bond donors (Lipinski definition) is 0. The summed E-state index contributed by atoms with van der Waals surface area (Å²) >= 11 is 0. The summed E-state index contributed by atoms with van der Waals surface area (Å²) < 4.78 is 128. The fourth-order valence-corrected chi connectivity index (χ4v) is 4.23. The number of hydrogen-bond acceptors (Lipinski definition) is 0. The van der Waals surface area contributed by atoms with Crippen LogP contribution in [0.25, 0.3) is 43.8 Å². The lowest BCUT2D eigenvalue weighted by Gasteiger charge is -2.19. The standard InChI is InChI=1S/C26H9F9/c27-15-6-5-10(7-16(15)28)19-11-3-1-2-4-12(11)20(14-9-18(30)17(29)8-13(14)19)21-22(31)24(33)26(35)25(34)23(21)32/h1-9H. The van der Waals surface area contributed by atoms with Gasteiger partial charge in [-0.1, -0.05) is 30.3 Å². The number of halogens is 9. The summed E-state index contributed by atoms with van der Waals surface area (Å²) in [5.74, 6) is -16.5. The fourth-order valence-electron chi connectivity index (χ4n) is 4.23. The minimum Gasteiger partial charge on any atom is -0.204 e. The lowest BCUT2D eigenvalue weighted by molar-refractivity contribution is 0.381. The molecular weight excluding hydrogens is 483 g/mol. The smallest absolute Gasteiger partial charge is 0.200 e. The predicted octanol–water partition coefficient (Wildman–Crippen LogP) is 8.58. The van der Waals surface area contributed by atoms with Gasteiger partial charge in [-0.05, 0) is 56.9 Å². The Morgan fingerprint density at radius 1 is 0.343 bits per heavy atom. The van der Waals surface area contributed by atoms with Gasteiger partial charge in [0.05, 0.1) is 5.56 Å². The zero-order chi connectivity index (χ0) is 25.2. The first kappa shape index (κ1) is 22.8. The zero-order valence-electron chi connectivity index (χ0n) is 17.1. The van der Waals surface area contributed by atoms with Gasteiger partial charge in [-0.25, -0.2) is 39.5 Å². The van der Waals surface area contributed by atoms with Gasteiger partial charge in [0.15, 0.2) is 46.5 Å². The first-order chi connectivity index (χ1) is 16.6. The van der Waals surface area contributed by atoms with E-state index in [1.165, 1.54) is 24.3 Å². The molecule has 176 valence electrons. The third kappa shape index (κ3) is 3.33. The van der Waals surface area contributed by atoms with Crippen LogP contribution >= 0.6 is 0 Å². The zero-order valence-corrected chi connectivity index (χ0v) is 17.1. The Balaban J connectivity index is 2.07. The van der Waals surface area contributed by atoms with Gasteiger partial charge in [0.2, 0.25) is 5.82 Å². The highest BCUT2D eigenvalue weighted by Gasteiger charge is 2.30. The quantitative estimate of drug-likeness (QED) is 0.100. The van der Waals surface area contributed by atoms with Gasteiger partial charge in [-0.2, -0.15) is 0 Å². The summed E-state index contributed by atoms with van der Waals surface area (Å²) in [5, 5.41) is -0.664. The molecule has 5 aromatic rings. The van der Waals surface area contributed by atoms with Crippen LogP contribution in [-0.4, -0.2) is 0 Å². The first-order valence-corrected chi connectivity index (χ1v) is 9.92. The van der Waals surface area contributed by atoms with E-state index in [0.717, 1.165) is 18.2 Å². The molecule has 0 N–H and O–H groups in total. The summed E-state index contributed by atoms with van der Waals surface area (Å²) in [6.45, 7) is 0. The SMILES string of the molecule is Fc1ccc(-c2c3ccccc3c(-c3c(F)c(F)c(F)c(F)c3F)c3cc(F)c(F)cc23)cc1F. The number of benzene rings is 5. The highest BCUT2D eigenvalue weighted by atomic mass is 19.2. The van der Waals surface area contributed by atoms with Crippen LogP contribution in [0, 0.1) is 52.4 Å². The van der Waals surface area contributed by atoms with E-state index < -0.39 is 68.9 Å². The van der Waals surface area contributed by atoms with E-state index in [0.29, 0.717) is 12.1 Å². The molecule has 0 radical (unpaired) electrons. The van der Waals surface area contributed by atoms with Crippen molar-refractivity contribution >= 4 is 21.5 Å². The van der Waals surface area contributed by atoms with Crippen molar-refractivity contribution in [1.82, 2.24) is 0 Å². The average molecular weight is 492 g/mol. The van der Waals surface area contributed by atoms with Gasteiger partial charge in [-0.15, -0.1) is 0 Å². The summed E-state index contributed by atoms with van der Waals surface area (Å²) in [6.07, 6.45) is 0. The largest absolute Gasteiger partial charge is 0.204 e. The normalized spacial score (nSPS) is 11.6. The topological polar surface area (TPSA) is 0 Å². The van der Waals surface area contributed by atoms with Crippen LogP contribution in [0.15, 0.2) is 54.6 Å². The maximum absolute atomic E-state index is 14.9. The van der Waals surface area contributed by atoms with Crippen molar-refractivity contribution in [1.29, 1.82) is 0 Å². The third-order valence-electron chi connectivity index (χ3n) is 5.73. The van der Waals surface area contributed by atoms with Gasteiger partial charge >= 0.3 is 0 Å². The molecule has 35 heavy (non-hydrogen) atoms. The number of fused-ring (bicyclic) bond motifs is 2. The van der Waals surface area contributed by atoms with Crippen molar-refractivity contribution in [2.45, 2.75) is 0 Å². The second kappa shape index (κ2) is 8.04. The molecule has 0 atom stereocenters. The van der Waals surface area contributed by atoms with Gasteiger partial charge in [0, 0.05) is 5.56 Å². The Bertz CT molecular complexity index is 1660. The van der Waals surface area contributed by atoms with E-state index in [1.54, 1.807) is 0 Å². The van der Waals surface area contributed by atoms with Crippen molar-refractivity contribution in [2.75, 3.05) is 0 Å². The molecule has 5 rings (SSSR count). The predicted molar refractivity (Wildman–Crippen MR) is 112 cm³/mol. The molecule has 0 fully saturated rings. The van der Waals surface area contributed by atoms with Crippen LogP contribution in [0.2, 0.25) is 0 Å².